The first-order chi connectivity index (χ1) is 2.00. The van der Waals surface area contributed by atoms with Crippen molar-refractivity contribution in [3.63, 3.8) is 0 Å². The molecule has 0 bridgehead atoms. The Morgan fingerprint density at radius 1 is 1.12 bits per heavy atom. The largest absolute Gasteiger partial charge is 3.00 e. The first kappa shape index (κ1) is 22.5. The molecule has 0 rings (SSSR count). The summed E-state index contributed by atoms with van der Waals surface area (Å²) in [5.74, 6) is 0. The van der Waals surface area contributed by atoms with Gasteiger partial charge in [0, 0.05) is 10.4 Å². The molecule has 0 amide bonds. The van der Waals surface area contributed by atoms with Crippen LogP contribution >= 0.6 is 0 Å². The van der Waals surface area contributed by atoms with Crippen LogP contribution in [-0.4, -0.2) is 34.9 Å². The summed E-state index contributed by atoms with van der Waals surface area (Å²) in [6.07, 6.45) is 0. The molecule has 0 aromatic heterocycles. The number of hydrogen-bond donors (Lipinski definition) is 1. The van der Waals surface area contributed by atoms with Gasteiger partial charge in [-0.1, -0.05) is 0 Å². The third-order valence-corrected chi connectivity index (χ3v) is 0. The third kappa shape index (κ3) is 98.1. The van der Waals surface area contributed by atoms with Crippen molar-refractivity contribution in [2.45, 2.75) is 0 Å². The van der Waals surface area contributed by atoms with E-state index in [2.05, 4.69) is 0 Å². The molecule has 8 heteroatoms. The summed E-state index contributed by atoms with van der Waals surface area (Å²) in [6, 6.07) is 0. The van der Waals surface area contributed by atoms with Crippen LogP contribution in [0.1, 0.15) is 0 Å². The fourth-order valence-electron chi connectivity index (χ4n) is 0. The SMILES string of the molecule is N.O=S(=O)([O-])[O-].[Al+3].[K+]. The molecule has 0 aliphatic carbocycles. The Balaban J connectivity index is -0.0000000267. The molecule has 0 fully saturated rings. The summed E-state index contributed by atoms with van der Waals surface area (Å²) in [4.78, 5) is 0. The average molecular weight is 179 g/mol. The molecule has 0 spiro atoms. The minimum atomic E-state index is -5.17. The molecule has 0 saturated heterocycles. The van der Waals surface area contributed by atoms with Crippen LogP contribution in [0.2, 0.25) is 0 Å². The van der Waals surface area contributed by atoms with Gasteiger partial charge in [-0.25, -0.2) is 0 Å². The first-order valence-electron chi connectivity index (χ1n) is 0.667. The molecule has 0 aliphatic heterocycles. The van der Waals surface area contributed by atoms with Gasteiger partial charge in [0.05, 0.1) is 0 Å². The van der Waals surface area contributed by atoms with Gasteiger partial charge in [0.2, 0.25) is 0 Å². The molecule has 0 aliphatic rings. The Kier molecular flexibility index (Phi) is 25.3. The van der Waals surface area contributed by atoms with Gasteiger partial charge in [0.1, 0.15) is 0 Å². The Morgan fingerprint density at radius 2 is 1.12 bits per heavy atom. The monoisotopic (exact) mass is 179 g/mol. The van der Waals surface area contributed by atoms with Gasteiger partial charge >= 0.3 is 68.7 Å². The third-order valence-electron chi connectivity index (χ3n) is 0. The molecule has 0 unspecified atom stereocenters. The van der Waals surface area contributed by atoms with E-state index >= 15 is 0 Å². The number of rotatable bonds is 0. The van der Waals surface area contributed by atoms with Crippen LogP contribution in [0.3, 0.4) is 0 Å². The van der Waals surface area contributed by atoms with Crippen LogP contribution in [0.15, 0.2) is 0 Å². The second-order valence-corrected chi connectivity index (χ2v) is 1.22. The first-order valence-corrected chi connectivity index (χ1v) is 2.00. The van der Waals surface area contributed by atoms with E-state index in [1.807, 2.05) is 0 Å². The maximum absolute atomic E-state index is 8.52. The van der Waals surface area contributed by atoms with E-state index in [0.717, 1.165) is 0 Å². The van der Waals surface area contributed by atoms with Crippen molar-refractivity contribution in [2.75, 3.05) is 0 Å². The van der Waals surface area contributed by atoms with Gasteiger partial charge in [-0.2, -0.15) is 0 Å². The van der Waals surface area contributed by atoms with E-state index in [0.29, 0.717) is 0 Å². The molecular formula is H3AlKNO4S+2. The van der Waals surface area contributed by atoms with E-state index in [1.54, 1.807) is 0 Å². The van der Waals surface area contributed by atoms with E-state index < -0.39 is 10.4 Å². The van der Waals surface area contributed by atoms with E-state index in [4.69, 9.17) is 17.5 Å². The molecule has 0 saturated carbocycles. The summed E-state index contributed by atoms with van der Waals surface area (Å²) in [5.41, 5.74) is 0. The minimum absolute atomic E-state index is 0. The van der Waals surface area contributed by atoms with Gasteiger partial charge in [-0.05, 0) is 0 Å². The molecule has 0 radical (unpaired) electrons. The minimum Gasteiger partial charge on any atom is -0.759 e. The predicted octanol–water partition coefficient (Wildman–Crippen LogP) is -4.55. The molecule has 40 valence electrons. The van der Waals surface area contributed by atoms with Crippen LogP contribution in [0.5, 0.6) is 0 Å². The molecular weight excluding hydrogens is 176 g/mol. The maximum atomic E-state index is 8.52. The van der Waals surface area contributed by atoms with Crippen molar-refractivity contribution in [1.82, 2.24) is 6.15 Å². The summed E-state index contributed by atoms with van der Waals surface area (Å²) in [6.45, 7) is 0. The summed E-state index contributed by atoms with van der Waals surface area (Å²) < 4.78 is 34.1. The van der Waals surface area contributed by atoms with Crippen molar-refractivity contribution in [1.29, 1.82) is 0 Å². The zero-order chi connectivity index (χ0) is 4.50. The van der Waals surface area contributed by atoms with Crippen LogP contribution < -0.4 is 57.5 Å². The Bertz CT molecular complexity index is 99.2. The van der Waals surface area contributed by atoms with Gasteiger partial charge in [-0.15, -0.1) is 0 Å². The van der Waals surface area contributed by atoms with E-state index in [9.17, 15) is 0 Å². The van der Waals surface area contributed by atoms with Crippen molar-refractivity contribution in [2.24, 2.45) is 0 Å². The quantitative estimate of drug-likeness (QED) is 0.228. The molecule has 0 aromatic carbocycles. The molecule has 3 N–H and O–H groups in total. The zero-order valence-electron chi connectivity index (χ0n) is 4.33. The van der Waals surface area contributed by atoms with Crippen molar-refractivity contribution >= 4 is 27.8 Å². The van der Waals surface area contributed by atoms with Crippen LogP contribution in [-0.2, 0) is 10.4 Å². The fourth-order valence-corrected chi connectivity index (χ4v) is 0. The number of hydrogen-bond acceptors (Lipinski definition) is 5. The van der Waals surface area contributed by atoms with E-state index in [1.165, 1.54) is 0 Å². The molecule has 0 atom stereocenters. The Morgan fingerprint density at radius 3 is 1.12 bits per heavy atom. The smallest absolute Gasteiger partial charge is 0.759 e. The topological polar surface area (TPSA) is 115 Å². The molecule has 8 heavy (non-hydrogen) atoms. The van der Waals surface area contributed by atoms with Crippen molar-refractivity contribution in [3.8, 4) is 0 Å². The van der Waals surface area contributed by atoms with E-state index in [-0.39, 0.29) is 74.9 Å². The Hall–Kier alpha value is 2.00. The second kappa shape index (κ2) is 9.00. The molecule has 5 nitrogen and oxygen atoms in total. The normalized spacial score (nSPS) is 7.25. The fraction of sp³-hybridized carbons (Fsp3) is 0. The molecule has 0 heterocycles. The summed E-state index contributed by atoms with van der Waals surface area (Å²) >= 11 is 0. The second-order valence-electron chi connectivity index (χ2n) is 0.408. The molecule has 0 aromatic rings. The van der Waals surface area contributed by atoms with Gasteiger partial charge < -0.3 is 15.3 Å². The average Bonchev–Trinajstić information content (AvgIpc) is 0.722. The van der Waals surface area contributed by atoms with Gasteiger partial charge in [0.15, 0.2) is 0 Å². The summed E-state index contributed by atoms with van der Waals surface area (Å²) in [5, 5.41) is 0. The van der Waals surface area contributed by atoms with Gasteiger partial charge in [-0.3, -0.25) is 8.42 Å². The zero-order valence-corrected chi connectivity index (χ0v) is 9.42. The van der Waals surface area contributed by atoms with Crippen molar-refractivity contribution in [3.05, 3.63) is 0 Å². The summed E-state index contributed by atoms with van der Waals surface area (Å²) in [7, 11) is -5.17. The van der Waals surface area contributed by atoms with Gasteiger partial charge in [0.25, 0.3) is 0 Å². The van der Waals surface area contributed by atoms with Crippen LogP contribution in [0.4, 0.5) is 0 Å². The Labute approximate surface area is 101 Å². The maximum Gasteiger partial charge on any atom is 3.00 e. The standard InChI is InChI=1S/Al.K.H3N.H2O4S/c;;;1-5(2,3)4/h;;1H3;(H2,1,2,3,4)/q+3;+1;;/p-2. The van der Waals surface area contributed by atoms with Crippen LogP contribution in [0.25, 0.3) is 0 Å². The van der Waals surface area contributed by atoms with Crippen molar-refractivity contribution < 1.29 is 68.9 Å². The predicted molar refractivity (Wildman–Crippen MR) is 21.3 cm³/mol. The van der Waals surface area contributed by atoms with Crippen LogP contribution in [0, 0.1) is 0 Å².